The number of carbonyl (C=O) groups is 2. The monoisotopic (exact) mass is 509 g/mol. The van der Waals surface area contributed by atoms with Crippen molar-refractivity contribution >= 4 is 49.2 Å². The third-order valence-corrected chi connectivity index (χ3v) is 6.19. The highest BCUT2D eigenvalue weighted by Crippen LogP contribution is 2.31. The van der Waals surface area contributed by atoms with Gasteiger partial charge in [0, 0.05) is 15.5 Å². The van der Waals surface area contributed by atoms with E-state index >= 15 is 0 Å². The van der Waals surface area contributed by atoms with Crippen LogP contribution >= 0.6 is 31.9 Å². The third-order valence-electron chi connectivity index (χ3n) is 5.04. The highest BCUT2D eigenvalue weighted by molar-refractivity contribution is 9.11. The van der Waals surface area contributed by atoms with E-state index in [4.69, 9.17) is 0 Å². The average Bonchev–Trinajstić information content (AvgIpc) is 2.97. The Labute approximate surface area is 186 Å². The minimum Gasteiger partial charge on any atom is -0.270 e. The fourth-order valence-electron chi connectivity index (χ4n) is 3.39. The number of fused-ring (bicyclic) bond motifs is 1. The van der Waals surface area contributed by atoms with E-state index in [-0.39, 0.29) is 18.4 Å². The standard InChI is InChI=1S/C24H17Br2NO2/c1-15(12-13-27-23(28)20-4-2-3-5-21(20)24(27)29)16-6-8-17(9-7-16)19-11-10-18(25)14-22(19)26/h2-12,14H,13H2,1H3/b15-12-. The molecule has 0 radical (unpaired) electrons. The molecule has 4 rings (SSSR count). The van der Waals surface area contributed by atoms with Gasteiger partial charge in [-0.05, 0) is 53.5 Å². The number of hydrogen-bond acceptors (Lipinski definition) is 2. The zero-order valence-electron chi connectivity index (χ0n) is 15.7. The Kier molecular flexibility index (Phi) is 5.52. The van der Waals surface area contributed by atoms with Crippen molar-refractivity contribution in [1.82, 2.24) is 4.90 Å². The van der Waals surface area contributed by atoms with Crippen LogP contribution in [0.15, 0.2) is 81.8 Å². The van der Waals surface area contributed by atoms with Gasteiger partial charge in [0.15, 0.2) is 0 Å². The number of amides is 2. The maximum atomic E-state index is 12.5. The summed E-state index contributed by atoms with van der Waals surface area (Å²) in [5, 5.41) is 0. The summed E-state index contributed by atoms with van der Waals surface area (Å²) in [6.45, 7) is 2.25. The molecule has 5 heteroatoms. The molecule has 0 aliphatic carbocycles. The molecule has 0 saturated heterocycles. The minimum atomic E-state index is -0.231. The second kappa shape index (κ2) is 8.09. The fraction of sp³-hybridized carbons (Fsp3) is 0.0833. The van der Waals surface area contributed by atoms with Crippen molar-refractivity contribution in [2.75, 3.05) is 6.54 Å². The number of hydrogen-bond donors (Lipinski definition) is 0. The lowest BCUT2D eigenvalue weighted by atomic mass is 10.0. The summed E-state index contributed by atoms with van der Waals surface area (Å²) in [6, 6.07) is 21.3. The van der Waals surface area contributed by atoms with Crippen molar-refractivity contribution in [3.8, 4) is 11.1 Å². The summed E-state index contributed by atoms with van der Waals surface area (Å²) >= 11 is 7.08. The summed E-state index contributed by atoms with van der Waals surface area (Å²) in [5.74, 6) is -0.463. The van der Waals surface area contributed by atoms with Crippen molar-refractivity contribution in [3.05, 3.63) is 98.4 Å². The van der Waals surface area contributed by atoms with Crippen LogP contribution in [0.3, 0.4) is 0 Å². The number of rotatable bonds is 4. The van der Waals surface area contributed by atoms with E-state index in [9.17, 15) is 9.59 Å². The van der Waals surface area contributed by atoms with Crippen molar-refractivity contribution in [2.24, 2.45) is 0 Å². The number of carbonyl (C=O) groups excluding carboxylic acids is 2. The smallest absolute Gasteiger partial charge is 0.261 e. The van der Waals surface area contributed by atoms with Crippen LogP contribution < -0.4 is 0 Å². The Bertz CT molecular complexity index is 1110. The molecular formula is C24H17Br2NO2. The highest BCUT2D eigenvalue weighted by Gasteiger charge is 2.34. The molecule has 1 aliphatic heterocycles. The summed E-state index contributed by atoms with van der Waals surface area (Å²) in [5.41, 5.74) is 5.26. The number of imide groups is 1. The summed E-state index contributed by atoms with van der Waals surface area (Å²) in [7, 11) is 0. The van der Waals surface area contributed by atoms with Crippen LogP contribution in [0.5, 0.6) is 0 Å². The van der Waals surface area contributed by atoms with E-state index in [1.165, 1.54) is 4.90 Å². The van der Waals surface area contributed by atoms with Crippen LogP contribution in [0, 0.1) is 0 Å². The van der Waals surface area contributed by atoms with E-state index < -0.39 is 0 Å². The molecule has 0 spiro atoms. The molecular weight excluding hydrogens is 494 g/mol. The van der Waals surface area contributed by atoms with E-state index in [1.807, 2.05) is 25.1 Å². The number of allylic oxidation sites excluding steroid dienone is 1. The molecule has 29 heavy (non-hydrogen) atoms. The van der Waals surface area contributed by atoms with Crippen LogP contribution in [0.2, 0.25) is 0 Å². The average molecular weight is 511 g/mol. The van der Waals surface area contributed by atoms with Gasteiger partial charge < -0.3 is 0 Å². The second-order valence-electron chi connectivity index (χ2n) is 6.86. The van der Waals surface area contributed by atoms with Crippen LogP contribution in [0.4, 0.5) is 0 Å². The van der Waals surface area contributed by atoms with Gasteiger partial charge in [-0.15, -0.1) is 0 Å². The Morgan fingerprint density at radius 2 is 1.48 bits per heavy atom. The topological polar surface area (TPSA) is 37.4 Å². The van der Waals surface area contributed by atoms with Gasteiger partial charge in [-0.3, -0.25) is 14.5 Å². The fourth-order valence-corrected chi connectivity index (χ4v) is 4.66. The number of halogens is 2. The minimum absolute atomic E-state index is 0.231. The van der Waals surface area contributed by atoms with Crippen LogP contribution in [-0.2, 0) is 0 Å². The first kappa shape index (κ1) is 19.8. The second-order valence-corrected chi connectivity index (χ2v) is 8.63. The molecule has 0 fully saturated rings. The van der Waals surface area contributed by atoms with Gasteiger partial charge in [0.05, 0.1) is 11.1 Å². The number of benzene rings is 3. The lowest BCUT2D eigenvalue weighted by Crippen LogP contribution is -2.29. The first-order chi connectivity index (χ1) is 14.0. The van der Waals surface area contributed by atoms with Crippen LogP contribution in [0.1, 0.15) is 33.2 Å². The third kappa shape index (κ3) is 3.85. The van der Waals surface area contributed by atoms with Gasteiger partial charge in [0.2, 0.25) is 0 Å². The van der Waals surface area contributed by atoms with Gasteiger partial charge in [0.25, 0.3) is 11.8 Å². The number of nitrogens with zero attached hydrogens (tertiary/aromatic N) is 1. The van der Waals surface area contributed by atoms with Crippen molar-refractivity contribution in [1.29, 1.82) is 0 Å². The van der Waals surface area contributed by atoms with Crippen molar-refractivity contribution in [3.63, 3.8) is 0 Å². The zero-order chi connectivity index (χ0) is 20.5. The van der Waals surface area contributed by atoms with E-state index in [0.717, 1.165) is 31.2 Å². The van der Waals surface area contributed by atoms with Crippen molar-refractivity contribution in [2.45, 2.75) is 6.92 Å². The maximum Gasteiger partial charge on any atom is 0.261 e. The Morgan fingerprint density at radius 3 is 2.07 bits per heavy atom. The van der Waals surface area contributed by atoms with Gasteiger partial charge in [0.1, 0.15) is 0 Å². The largest absolute Gasteiger partial charge is 0.270 e. The van der Waals surface area contributed by atoms with E-state index in [1.54, 1.807) is 24.3 Å². The van der Waals surface area contributed by atoms with Crippen LogP contribution in [-0.4, -0.2) is 23.3 Å². The molecule has 144 valence electrons. The Balaban J connectivity index is 1.51. The molecule has 1 heterocycles. The van der Waals surface area contributed by atoms with Crippen molar-refractivity contribution < 1.29 is 9.59 Å². The van der Waals surface area contributed by atoms with Crippen LogP contribution in [0.25, 0.3) is 16.7 Å². The molecule has 3 aromatic rings. The SMILES string of the molecule is C/C(=C/CN1C(=O)c2ccccc2C1=O)c1ccc(-c2ccc(Br)cc2Br)cc1. The molecule has 2 amide bonds. The molecule has 3 nitrogen and oxygen atoms in total. The van der Waals surface area contributed by atoms with Gasteiger partial charge in [-0.2, -0.15) is 0 Å². The summed E-state index contributed by atoms with van der Waals surface area (Å²) < 4.78 is 2.05. The molecule has 0 N–H and O–H groups in total. The Hall–Kier alpha value is -2.50. The highest BCUT2D eigenvalue weighted by atomic mass is 79.9. The molecule has 3 aromatic carbocycles. The first-order valence-corrected chi connectivity index (χ1v) is 10.7. The zero-order valence-corrected chi connectivity index (χ0v) is 18.8. The lowest BCUT2D eigenvalue weighted by molar-refractivity contribution is 0.0672. The van der Waals surface area contributed by atoms with Gasteiger partial charge >= 0.3 is 0 Å². The molecule has 0 bridgehead atoms. The van der Waals surface area contributed by atoms with E-state index in [0.29, 0.717) is 11.1 Å². The molecule has 1 aliphatic rings. The van der Waals surface area contributed by atoms with Gasteiger partial charge in [-0.25, -0.2) is 0 Å². The summed E-state index contributed by atoms with van der Waals surface area (Å²) in [4.78, 5) is 26.3. The molecule has 0 unspecified atom stereocenters. The predicted molar refractivity (Wildman–Crippen MR) is 123 cm³/mol. The summed E-state index contributed by atoms with van der Waals surface area (Å²) in [6.07, 6.45) is 1.92. The Morgan fingerprint density at radius 1 is 0.862 bits per heavy atom. The first-order valence-electron chi connectivity index (χ1n) is 9.13. The predicted octanol–water partition coefficient (Wildman–Crippen LogP) is 6.58. The van der Waals surface area contributed by atoms with E-state index in [2.05, 4.69) is 62.2 Å². The van der Waals surface area contributed by atoms with Gasteiger partial charge in [-0.1, -0.05) is 80.4 Å². The maximum absolute atomic E-state index is 12.5. The molecule has 0 aromatic heterocycles. The molecule has 0 atom stereocenters. The normalized spacial score (nSPS) is 13.8. The molecule has 0 saturated carbocycles. The quantitative estimate of drug-likeness (QED) is 0.372. The lowest BCUT2D eigenvalue weighted by Gasteiger charge is -2.12.